The van der Waals surface area contributed by atoms with Crippen LogP contribution < -0.4 is 5.32 Å². The van der Waals surface area contributed by atoms with Gasteiger partial charge in [-0.3, -0.25) is 19.4 Å². The molecule has 2 aliphatic rings. The van der Waals surface area contributed by atoms with Crippen LogP contribution in [-0.2, 0) is 27.2 Å². The van der Waals surface area contributed by atoms with Gasteiger partial charge in [0.05, 0.1) is 0 Å². The molecule has 186 valence electrons. The van der Waals surface area contributed by atoms with Crippen molar-refractivity contribution in [1.29, 1.82) is 0 Å². The van der Waals surface area contributed by atoms with Crippen molar-refractivity contribution < 1.29 is 14.4 Å². The van der Waals surface area contributed by atoms with Gasteiger partial charge in [0.1, 0.15) is 18.1 Å². The number of carbonyl (C=O) groups excluding carboxylic acids is 3. The summed E-state index contributed by atoms with van der Waals surface area (Å²) >= 11 is 0. The van der Waals surface area contributed by atoms with E-state index in [1.807, 2.05) is 52.0 Å². The van der Waals surface area contributed by atoms with Gasteiger partial charge in [0.15, 0.2) is 0 Å². The molecule has 35 heavy (non-hydrogen) atoms. The van der Waals surface area contributed by atoms with Crippen LogP contribution in [-0.4, -0.2) is 58.7 Å². The first kappa shape index (κ1) is 24.9. The second-order valence-corrected chi connectivity index (χ2v) is 10.3. The Balaban J connectivity index is 1.80. The molecule has 1 aromatic heterocycles. The summed E-state index contributed by atoms with van der Waals surface area (Å²) < 4.78 is 0. The fourth-order valence-electron chi connectivity index (χ4n) is 5.55. The van der Waals surface area contributed by atoms with Crippen LogP contribution in [0.4, 0.5) is 0 Å². The van der Waals surface area contributed by atoms with Crippen LogP contribution in [0.5, 0.6) is 0 Å². The van der Waals surface area contributed by atoms with Crippen molar-refractivity contribution in [2.45, 2.75) is 65.1 Å². The van der Waals surface area contributed by atoms with E-state index in [2.05, 4.69) is 22.4 Å². The number of pyridine rings is 1. The molecule has 2 aromatic rings. The molecule has 7 nitrogen and oxygen atoms in total. The van der Waals surface area contributed by atoms with Gasteiger partial charge in [-0.25, -0.2) is 0 Å². The van der Waals surface area contributed by atoms with Gasteiger partial charge in [0.25, 0.3) is 0 Å². The highest BCUT2D eigenvalue weighted by atomic mass is 16.2. The fourth-order valence-corrected chi connectivity index (χ4v) is 5.55. The molecule has 1 aliphatic heterocycles. The lowest BCUT2D eigenvalue weighted by Gasteiger charge is -2.46. The molecule has 1 aliphatic carbocycles. The molecule has 4 atom stereocenters. The smallest absolute Gasteiger partial charge is 0.249 e. The average Bonchev–Trinajstić information content (AvgIpc) is 3.25. The topological polar surface area (TPSA) is 82.6 Å². The summed E-state index contributed by atoms with van der Waals surface area (Å²) in [5, 5.41) is 3.07. The summed E-state index contributed by atoms with van der Waals surface area (Å²) in [5.41, 5.74) is 4.63. The Hall–Kier alpha value is -3.22. The normalized spacial score (nSPS) is 21.9. The Morgan fingerprint density at radius 2 is 1.74 bits per heavy atom. The maximum absolute atomic E-state index is 14.3. The summed E-state index contributed by atoms with van der Waals surface area (Å²) in [5.74, 6) is -0.765. The highest BCUT2D eigenvalue weighted by Gasteiger charge is 2.51. The number of amides is 3. The number of piperazine rings is 1. The molecule has 1 aromatic carbocycles. The minimum absolute atomic E-state index is 0.0448. The number of fused-ring (bicyclic) bond motifs is 1. The fraction of sp³-hybridized carbons (Fsp3) is 0.500. The second-order valence-electron chi connectivity index (χ2n) is 10.3. The number of rotatable bonds is 6. The standard InChI is InChI=1S/C28H36N4O3/c1-7-16(2)24-26(33)30-23(21-14-19-10-8-9-11-20(19)15-21)27(34)32(24)25(28(35)31(5)6)22-13-12-17(3)29-18(22)4/h8-13,16,21,23-25H,7,14-15H2,1-6H3,(H,30,33)/t16-,23+,24+,25+/m0/s1. The maximum atomic E-state index is 14.3. The number of hydrogen-bond acceptors (Lipinski definition) is 4. The Labute approximate surface area is 207 Å². The molecule has 1 saturated heterocycles. The van der Waals surface area contributed by atoms with Gasteiger partial charge in [-0.05, 0) is 55.7 Å². The third-order valence-electron chi connectivity index (χ3n) is 7.64. The van der Waals surface area contributed by atoms with Crippen LogP contribution in [0.3, 0.4) is 0 Å². The number of likely N-dealkylation sites (N-methyl/N-ethyl adjacent to an activating group) is 1. The minimum atomic E-state index is -0.915. The first-order valence-corrected chi connectivity index (χ1v) is 12.5. The molecule has 0 bridgehead atoms. The summed E-state index contributed by atoms with van der Waals surface area (Å²) in [6, 6.07) is 9.59. The zero-order chi connectivity index (χ0) is 25.4. The van der Waals surface area contributed by atoms with E-state index >= 15 is 0 Å². The molecule has 0 spiro atoms. The van der Waals surface area contributed by atoms with Crippen LogP contribution in [0.25, 0.3) is 0 Å². The molecule has 2 heterocycles. The molecule has 0 radical (unpaired) electrons. The summed E-state index contributed by atoms with van der Waals surface area (Å²) in [7, 11) is 3.37. The molecule has 7 heteroatoms. The van der Waals surface area contributed by atoms with Crippen molar-refractivity contribution in [2.75, 3.05) is 14.1 Å². The summed E-state index contributed by atoms with van der Waals surface area (Å²) in [6.45, 7) is 7.72. The predicted molar refractivity (Wildman–Crippen MR) is 135 cm³/mol. The van der Waals surface area contributed by atoms with E-state index in [0.29, 0.717) is 17.7 Å². The van der Waals surface area contributed by atoms with Crippen LogP contribution in [0.2, 0.25) is 0 Å². The van der Waals surface area contributed by atoms with E-state index in [4.69, 9.17) is 0 Å². The summed E-state index contributed by atoms with van der Waals surface area (Å²) in [6.07, 6.45) is 2.16. The molecule has 0 unspecified atom stereocenters. The van der Waals surface area contributed by atoms with Crippen molar-refractivity contribution in [3.05, 3.63) is 64.5 Å². The van der Waals surface area contributed by atoms with Crippen LogP contribution in [0.15, 0.2) is 36.4 Å². The molecule has 1 fully saturated rings. The zero-order valence-electron chi connectivity index (χ0n) is 21.5. The van der Waals surface area contributed by atoms with E-state index < -0.39 is 18.1 Å². The number of benzene rings is 1. The summed E-state index contributed by atoms with van der Waals surface area (Å²) in [4.78, 5) is 49.2. The number of nitrogens with zero attached hydrogens (tertiary/aromatic N) is 3. The monoisotopic (exact) mass is 476 g/mol. The van der Waals surface area contributed by atoms with Gasteiger partial charge in [-0.1, -0.05) is 50.6 Å². The Morgan fingerprint density at radius 1 is 1.11 bits per heavy atom. The van der Waals surface area contributed by atoms with Crippen molar-refractivity contribution in [1.82, 2.24) is 20.1 Å². The molecule has 1 N–H and O–H groups in total. The lowest BCUT2D eigenvalue weighted by atomic mass is 9.85. The highest BCUT2D eigenvalue weighted by molar-refractivity contribution is 6.00. The number of aryl methyl sites for hydroxylation is 2. The largest absolute Gasteiger partial charge is 0.347 e. The van der Waals surface area contributed by atoms with E-state index in [1.165, 1.54) is 16.0 Å². The molecular weight excluding hydrogens is 440 g/mol. The average molecular weight is 477 g/mol. The molecular formula is C28H36N4O3. The highest BCUT2D eigenvalue weighted by Crippen LogP contribution is 2.37. The minimum Gasteiger partial charge on any atom is -0.347 e. The zero-order valence-corrected chi connectivity index (χ0v) is 21.5. The Kier molecular flexibility index (Phi) is 6.97. The van der Waals surface area contributed by atoms with Crippen molar-refractivity contribution >= 4 is 17.7 Å². The van der Waals surface area contributed by atoms with Gasteiger partial charge < -0.3 is 15.1 Å². The first-order chi connectivity index (χ1) is 16.6. The number of carbonyl (C=O) groups is 3. The van der Waals surface area contributed by atoms with Crippen LogP contribution in [0, 0.1) is 25.7 Å². The molecule has 0 saturated carbocycles. The Morgan fingerprint density at radius 3 is 2.29 bits per heavy atom. The number of aromatic nitrogens is 1. The quantitative estimate of drug-likeness (QED) is 0.695. The van der Waals surface area contributed by atoms with Gasteiger partial charge >= 0.3 is 0 Å². The SMILES string of the molecule is CC[C@H](C)[C@@H]1C(=O)N[C@H](C2Cc3ccccc3C2)C(=O)N1[C@@H](C(=O)N(C)C)c1ccc(C)nc1C. The van der Waals surface area contributed by atoms with Crippen molar-refractivity contribution in [3.8, 4) is 0 Å². The number of hydrogen-bond donors (Lipinski definition) is 1. The Bertz CT molecular complexity index is 1120. The third-order valence-corrected chi connectivity index (χ3v) is 7.64. The van der Waals surface area contributed by atoms with Crippen LogP contribution >= 0.6 is 0 Å². The maximum Gasteiger partial charge on any atom is 0.249 e. The second kappa shape index (κ2) is 9.80. The van der Waals surface area contributed by atoms with E-state index in [9.17, 15) is 14.4 Å². The first-order valence-electron chi connectivity index (χ1n) is 12.5. The molecule has 3 amide bonds. The van der Waals surface area contributed by atoms with E-state index in [1.54, 1.807) is 19.0 Å². The van der Waals surface area contributed by atoms with Crippen molar-refractivity contribution in [2.24, 2.45) is 11.8 Å². The van der Waals surface area contributed by atoms with Gasteiger partial charge in [-0.2, -0.15) is 0 Å². The van der Waals surface area contributed by atoms with Gasteiger partial charge in [0.2, 0.25) is 17.7 Å². The lowest BCUT2D eigenvalue weighted by molar-refractivity contribution is -0.161. The van der Waals surface area contributed by atoms with E-state index in [0.717, 1.165) is 18.5 Å². The number of nitrogens with one attached hydrogen (secondary N) is 1. The third kappa shape index (κ3) is 4.56. The van der Waals surface area contributed by atoms with Crippen molar-refractivity contribution in [3.63, 3.8) is 0 Å². The van der Waals surface area contributed by atoms with E-state index in [-0.39, 0.29) is 29.6 Å². The predicted octanol–water partition coefficient (Wildman–Crippen LogP) is 2.98. The lowest BCUT2D eigenvalue weighted by Crippen LogP contribution is -2.68. The van der Waals surface area contributed by atoms with Gasteiger partial charge in [0, 0.05) is 31.0 Å². The molecule has 4 rings (SSSR count). The van der Waals surface area contributed by atoms with Gasteiger partial charge in [-0.15, -0.1) is 0 Å². The van der Waals surface area contributed by atoms with Crippen LogP contribution in [0.1, 0.15) is 54.4 Å².